The third-order valence-electron chi connectivity index (χ3n) is 3.62. The molecule has 3 amide bonds. The van der Waals surface area contributed by atoms with Gasteiger partial charge in [-0.15, -0.1) is 11.8 Å². The minimum atomic E-state index is -0.955. The number of aliphatic carboxylic acids is 1. The van der Waals surface area contributed by atoms with E-state index in [9.17, 15) is 14.4 Å². The number of hydrogen-bond acceptors (Lipinski definition) is 4. The smallest absolute Gasteiger partial charge is 0.327 e. The molecule has 2 rings (SSSR count). The van der Waals surface area contributed by atoms with Gasteiger partial charge in [0.2, 0.25) is 5.91 Å². The Bertz CT molecular complexity index is 418. The van der Waals surface area contributed by atoms with Gasteiger partial charge >= 0.3 is 12.0 Å². The SMILES string of the molecule is CC(=O)N1CCCN(C(=O)N2CSCC2C(=O)O)CC1. The molecule has 8 heteroatoms. The maximum absolute atomic E-state index is 12.4. The van der Waals surface area contributed by atoms with E-state index in [1.165, 1.54) is 23.6 Å². The standard InChI is InChI=1S/C12H19N3O4S/c1-9(16)13-3-2-4-14(6-5-13)12(19)15-8-20-7-10(15)11(17)18/h10H,2-8H2,1H3,(H,17,18). The van der Waals surface area contributed by atoms with Crippen LogP contribution in [-0.4, -0.2) is 81.6 Å². The first kappa shape index (κ1) is 15.0. The zero-order valence-corrected chi connectivity index (χ0v) is 12.3. The first-order chi connectivity index (χ1) is 9.50. The first-order valence-electron chi connectivity index (χ1n) is 6.62. The van der Waals surface area contributed by atoms with E-state index in [0.29, 0.717) is 37.8 Å². The predicted molar refractivity (Wildman–Crippen MR) is 74.4 cm³/mol. The molecule has 1 unspecified atom stereocenters. The summed E-state index contributed by atoms with van der Waals surface area (Å²) in [5.41, 5.74) is 0. The lowest BCUT2D eigenvalue weighted by Gasteiger charge is -2.28. The van der Waals surface area contributed by atoms with Crippen LogP contribution in [-0.2, 0) is 9.59 Å². The Labute approximate surface area is 121 Å². The highest BCUT2D eigenvalue weighted by Gasteiger charge is 2.37. The summed E-state index contributed by atoms with van der Waals surface area (Å²) >= 11 is 1.45. The fourth-order valence-electron chi connectivity index (χ4n) is 2.44. The largest absolute Gasteiger partial charge is 0.480 e. The van der Waals surface area contributed by atoms with Gasteiger partial charge in [0, 0.05) is 38.9 Å². The number of carbonyl (C=O) groups is 3. The Morgan fingerprint density at radius 1 is 1.10 bits per heavy atom. The van der Waals surface area contributed by atoms with Crippen molar-refractivity contribution in [1.29, 1.82) is 0 Å². The Balaban J connectivity index is 1.98. The molecule has 0 spiro atoms. The van der Waals surface area contributed by atoms with Crippen LogP contribution in [0.5, 0.6) is 0 Å². The summed E-state index contributed by atoms with van der Waals surface area (Å²) in [5.74, 6) is -0.0834. The maximum atomic E-state index is 12.4. The molecule has 20 heavy (non-hydrogen) atoms. The molecule has 0 saturated carbocycles. The minimum Gasteiger partial charge on any atom is -0.480 e. The van der Waals surface area contributed by atoms with Gasteiger partial charge in [0.25, 0.3) is 0 Å². The van der Waals surface area contributed by atoms with Crippen LogP contribution in [0, 0.1) is 0 Å². The van der Waals surface area contributed by atoms with E-state index >= 15 is 0 Å². The van der Waals surface area contributed by atoms with Gasteiger partial charge in [0.15, 0.2) is 0 Å². The van der Waals surface area contributed by atoms with E-state index in [4.69, 9.17) is 5.11 Å². The van der Waals surface area contributed by atoms with Crippen molar-refractivity contribution in [3.05, 3.63) is 0 Å². The fourth-order valence-corrected chi connectivity index (χ4v) is 3.58. The zero-order chi connectivity index (χ0) is 14.7. The van der Waals surface area contributed by atoms with E-state index in [2.05, 4.69) is 0 Å². The first-order valence-corrected chi connectivity index (χ1v) is 7.78. The minimum absolute atomic E-state index is 0.0134. The second-order valence-corrected chi connectivity index (χ2v) is 5.95. The maximum Gasteiger partial charge on any atom is 0.327 e. The lowest BCUT2D eigenvalue weighted by molar-refractivity contribution is -0.141. The van der Waals surface area contributed by atoms with E-state index in [1.807, 2.05) is 0 Å². The molecule has 0 bridgehead atoms. The molecule has 2 aliphatic heterocycles. The second-order valence-electron chi connectivity index (χ2n) is 4.95. The van der Waals surface area contributed by atoms with Crippen molar-refractivity contribution in [3.8, 4) is 0 Å². The van der Waals surface area contributed by atoms with Gasteiger partial charge in [-0.2, -0.15) is 0 Å². The van der Waals surface area contributed by atoms with Gasteiger partial charge in [-0.05, 0) is 6.42 Å². The molecule has 0 aromatic carbocycles. The fraction of sp³-hybridized carbons (Fsp3) is 0.750. The number of thioether (sulfide) groups is 1. The number of rotatable bonds is 1. The number of urea groups is 1. The number of carbonyl (C=O) groups excluding carboxylic acids is 2. The Morgan fingerprint density at radius 2 is 1.75 bits per heavy atom. The molecule has 7 nitrogen and oxygen atoms in total. The molecular formula is C12H19N3O4S. The molecule has 0 radical (unpaired) electrons. The summed E-state index contributed by atoms with van der Waals surface area (Å²) in [7, 11) is 0. The van der Waals surface area contributed by atoms with Crippen LogP contribution in [0.1, 0.15) is 13.3 Å². The Hall–Kier alpha value is -1.44. The van der Waals surface area contributed by atoms with Crippen molar-refractivity contribution in [2.24, 2.45) is 0 Å². The van der Waals surface area contributed by atoms with Gasteiger partial charge in [0.05, 0.1) is 5.88 Å². The summed E-state index contributed by atoms with van der Waals surface area (Å²) in [6.07, 6.45) is 0.726. The van der Waals surface area contributed by atoms with Crippen molar-refractivity contribution in [2.45, 2.75) is 19.4 Å². The number of hydrogen-bond donors (Lipinski definition) is 1. The van der Waals surface area contributed by atoms with Crippen LogP contribution in [0.2, 0.25) is 0 Å². The van der Waals surface area contributed by atoms with Gasteiger partial charge in [0.1, 0.15) is 6.04 Å². The lowest BCUT2D eigenvalue weighted by atomic mass is 10.3. The highest BCUT2D eigenvalue weighted by molar-refractivity contribution is 7.99. The Morgan fingerprint density at radius 3 is 2.40 bits per heavy atom. The molecule has 2 saturated heterocycles. The van der Waals surface area contributed by atoms with Crippen molar-refractivity contribution in [3.63, 3.8) is 0 Å². The number of carboxylic acid groups (broad SMARTS) is 1. The van der Waals surface area contributed by atoms with Gasteiger partial charge < -0.3 is 19.8 Å². The molecule has 1 N–H and O–H groups in total. The van der Waals surface area contributed by atoms with Crippen molar-refractivity contribution >= 4 is 29.7 Å². The number of nitrogens with zero attached hydrogens (tertiary/aromatic N) is 3. The monoisotopic (exact) mass is 301 g/mol. The van der Waals surface area contributed by atoms with Crippen LogP contribution in [0.15, 0.2) is 0 Å². The van der Waals surface area contributed by atoms with Crippen LogP contribution in [0.25, 0.3) is 0 Å². The molecule has 0 aromatic heterocycles. The second kappa shape index (κ2) is 6.34. The summed E-state index contributed by atoms with van der Waals surface area (Å²) in [6, 6.07) is -0.965. The lowest BCUT2D eigenvalue weighted by Crippen LogP contribution is -2.49. The molecule has 0 aromatic rings. The van der Waals surface area contributed by atoms with E-state index in [0.717, 1.165) is 6.42 Å². The molecule has 1 atom stereocenters. The van der Waals surface area contributed by atoms with Gasteiger partial charge in [-0.25, -0.2) is 9.59 Å². The van der Waals surface area contributed by atoms with Crippen molar-refractivity contribution in [2.75, 3.05) is 37.8 Å². The molecular weight excluding hydrogens is 282 g/mol. The molecule has 112 valence electrons. The number of carboxylic acids is 1. The van der Waals surface area contributed by atoms with Crippen LogP contribution in [0.3, 0.4) is 0 Å². The highest BCUT2D eigenvalue weighted by atomic mass is 32.2. The molecule has 2 fully saturated rings. The van der Waals surface area contributed by atoms with Crippen molar-refractivity contribution < 1.29 is 19.5 Å². The van der Waals surface area contributed by atoms with E-state index in [1.54, 1.807) is 9.80 Å². The average molecular weight is 301 g/mol. The number of amides is 3. The Kier molecular flexibility index (Phi) is 4.74. The summed E-state index contributed by atoms with van der Waals surface area (Å²) < 4.78 is 0. The van der Waals surface area contributed by atoms with Gasteiger partial charge in [-0.3, -0.25) is 4.79 Å². The quantitative estimate of drug-likeness (QED) is 0.744. The van der Waals surface area contributed by atoms with E-state index in [-0.39, 0.29) is 11.9 Å². The zero-order valence-electron chi connectivity index (χ0n) is 11.4. The molecule has 2 aliphatic rings. The third kappa shape index (κ3) is 3.17. The summed E-state index contributed by atoms with van der Waals surface area (Å²) in [5, 5.41) is 9.12. The normalized spacial score (nSPS) is 23.6. The van der Waals surface area contributed by atoms with Gasteiger partial charge in [-0.1, -0.05) is 0 Å². The molecule has 2 heterocycles. The third-order valence-corrected chi connectivity index (χ3v) is 4.64. The van der Waals surface area contributed by atoms with E-state index < -0.39 is 12.0 Å². The predicted octanol–water partition coefficient (Wildman–Crippen LogP) is 0.120. The summed E-state index contributed by atoms with van der Waals surface area (Å²) in [4.78, 5) is 39.7. The van der Waals surface area contributed by atoms with Crippen LogP contribution >= 0.6 is 11.8 Å². The highest BCUT2D eigenvalue weighted by Crippen LogP contribution is 2.23. The average Bonchev–Trinajstić information content (AvgIpc) is 2.75. The molecule has 0 aliphatic carbocycles. The van der Waals surface area contributed by atoms with Crippen LogP contribution in [0.4, 0.5) is 4.79 Å². The topological polar surface area (TPSA) is 81.2 Å². The summed E-state index contributed by atoms with van der Waals surface area (Å²) in [6.45, 7) is 3.72. The van der Waals surface area contributed by atoms with Crippen molar-refractivity contribution in [1.82, 2.24) is 14.7 Å². The van der Waals surface area contributed by atoms with Crippen LogP contribution < -0.4 is 0 Å².